The van der Waals surface area contributed by atoms with Crippen LogP contribution in [0, 0.1) is 6.92 Å². The average molecular weight is 479 g/mol. The zero-order valence-corrected chi connectivity index (χ0v) is 20.1. The molecule has 1 saturated heterocycles. The topological polar surface area (TPSA) is 91.4 Å². The van der Waals surface area contributed by atoms with E-state index < -0.39 is 10.0 Å². The van der Waals surface area contributed by atoms with Crippen molar-refractivity contribution in [1.82, 2.24) is 15.0 Å². The highest BCUT2D eigenvalue weighted by molar-refractivity contribution is 7.89. The molecular formula is C26H30N4O3S. The Hall–Kier alpha value is -3.23. The summed E-state index contributed by atoms with van der Waals surface area (Å²) in [5, 5.41) is 2.93. The number of carbonyl (C=O) groups is 1. The SMILES string of the molecule is Cc1ccc(C(=O)NCc2cccnc2N2CCCCC2)cc1S(=O)(=O)NCc1ccccc1. The maximum Gasteiger partial charge on any atom is 0.251 e. The second-order valence-electron chi connectivity index (χ2n) is 8.51. The number of carbonyl (C=O) groups excluding carboxylic acids is 1. The monoisotopic (exact) mass is 478 g/mol. The molecule has 0 saturated carbocycles. The van der Waals surface area contributed by atoms with E-state index in [1.807, 2.05) is 42.5 Å². The van der Waals surface area contributed by atoms with Gasteiger partial charge in [-0.2, -0.15) is 0 Å². The number of amides is 1. The Morgan fingerprint density at radius 2 is 1.74 bits per heavy atom. The maximum atomic E-state index is 12.9. The molecule has 34 heavy (non-hydrogen) atoms. The molecule has 7 nitrogen and oxygen atoms in total. The molecule has 8 heteroatoms. The summed E-state index contributed by atoms with van der Waals surface area (Å²) in [5.41, 5.74) is 2.69. The van der Waals surface area contributed by atoms with E-state index in [0.29, 0.717) is 17.7 Å². The smallest absolute Gasteiger partial charge is 0.251 e. The van der Waals surface area contributed by atoms with Crippen LogP contribution in [-0.2, 0) is 23.1 Å². The Morgan fingerprint density at radius 1 is 0.971 bits per heavy atom. The zero-order valence-electron chi connectivity index (χ0n) is 19.3. The van der Waals surface area contributed by atoms with Crippen molar-refractivity contribution >= 4 is 21.7 Å². The first-order valence-electron chi connectivity index (χ1n) is 11.6. The van der Waals surface area contributed by atoms with Gasteiger partial charge in [0.1, 0.15) is 5.82 Å². The lowest BCUT2D eigenvalue weighted by molar-refractivity contribution is 0.0950. The standard InChI is InChI=1S/C26H30N4O3S/c1-20-12-13-22(17-24(20)34(32,33)29-18-21-9-4-2-5-10-21)26(31)28-19-23-11-8-14-27-25(23)30-15-6-3-7-16-30/h2,4-5,8-14,17,29H,3,6-7,15-16,18-19H2,1H3,(H,28,31). The van der Waals surface area contributed by atoms with E-state index in [0.717, 1.165) is 42.9 Å². The molecule has 178 valence electrons. The summed E-state index contributed by atoms with van der Waals surface area (Å²) < 4.78 is 28.5. The fourth-order valence-corrected chi connectivity index (χ4v) is 5.41. The van der Waals surface area contributed by atoms with Gasteiger partial charge in [0.05, 0.1) is 4.90 Å². The number of sulfonamides is 1. The largest absolute Gasteiger partial charge is 0.356 e. The molecule has 0 atom stereocenters. The van der Waals surface area contributed by atoms with Gasteiger partial charge < -0.3 is 10.2 Å². The number of pyridine rings is 1. The van der Waals surface area contributed by atoms with E-state index in [-0.39, 0.29) is 17.3 Å². The van der Waals surface area contributed by atoms with Crippen LogP contribution < -0.4 is 14.9 Å². The maximum absolute atomic E-state index is 12.9. The van der Waals surface area contributed by atoms with E-state index in [4.69, 9.17) is 0 Å². The summed E-state index contributed by atoms with van der Waals surface area (Å²) in [5.74, 6) is 0.577. The summed E-state index contributed by atoms with van der Waals surface area (Å²) in [6.45, 7) is 4.15. The Balaban J connectivity index is 1.46. The minimum Gasteiger partial charge on any atom is -0.356 e. The van der Waals surface area contributed by atoms with Crippen molar-refractivity contribution in [3.05, 3.63) is 89.1 Å². The van der Waals surface area contributed by atoms with Crippen LogP contribution in [0.2, 0.25) is 0 Å². The van der Waals surface area contributed by atoms with Crippen molar-refractivity contribution in [3.63, 3.8) is 0 Å². The summed E-state index contributed by atoms with van der Waals surface area (Å²) in [4.78, 5) is 19.8. The minimum absolute atomic E-state index is 0.103. The molecule has 1 fully saturated rings. The van der Waals surface area contributed by atoms with Crippen molar-refractivity contribution in [2.24, 2.45) is 0 Å². The van der Waals surface area contributed by atoms with Crippen LogP contribution in [0.4, 0.5) is 5.82 Å². The van der Waals surface area contributed by atoms with Gasteiger partial charge in [-0.15, -0.1) is 0 Å². The van der Waals surface area contributed by atoms with Gasteiger partial charge in [-0.1, -0.05) is 42.5 Å². The van der Waals surface area contributed by atoms with Gasteiger partial charge in [0, 0.05) is 43.5 Å². The summed E-state index contributed by atoms with van der Waals surface area (Å²) in [6, 6.07) is 17.9. The fourth-order valence-electron chi connectivity index (χ4n) is 4.12. The molecule has 1 amide bonds. The third kappa shape index (κ3) is 5.81. The van der Waals surface area contributed by atoms with Crippen molar-refractivity contribution in [1.29, 1.82) is 0 Å². The van der Waals surface area contributed by atoms with Gasteiger partial charge in [-0.3, -0.25) is 4.79 Å². The lowest BCUT2D eigenvalue weighted by Gasteiger charge is -2.29. The third-order valence-electron chi connectivity index (χ3n) is 6.01. The number of aromatic nitrogens is 1. The van der Waals surface area contributed by atoms with Crippen LogP contribution >= 0.6 is 0 Å². The van der Waals surface area contributed by atoms with Crippen LogP contribution in [-0.4, -0.2) is 32.4 Å². The zero-order chi connectivity index (χ0) is 24.0. The van der Waals surface area contributed by atoms with Gasteiger partial charge in [0.25, 0.3) is 5.91 Å². The summed E-state index contributed by atoms with van der Waals surface area (Å²) >= 11 is 0. The van der Waals surface area contributed by atoms with Gasteiger partial charge in [0.2, 0.25) is 10.0 Å². The van der Waals surface area contributed by atoms with Crippen LogP contribution in [0.1, 0.15) is 46.3 Å². The van der Waals surface area contributed by atoms with Gasteiger partial charge >= 0.3 is 0 Å². The van der Waals surface area contributed by atoms with Crippen molar-refractivity contribution in [2.45, 2.75) is 44.2 Å². The molecule has 2 N–H and O–H groups in total. The molecular weight excluding hydrogens is 448 g/mol. The summed E-state index contributed by atoms with van der Waals surface area (Å²) in [6.07, 6.45) is 5.28. The molecule has 0 unspecified atom stereocenters. The molecule has 1 aromatic heterocycles. The molecule has 2 heterocycles. The lowest BCUT2D eigenvalue weighted by atomic mass is 10.1. The molecule has 0 radical (unpaired) electrons. The molecule has 0 spiro atoms. The molecule has 3 aromatic rings. The fraction of sp³-hybridized carbons (Fsp3) is 0.308. The molecule has 4 rings (SSSR count). The number of hydrogen-bond donors (Lipinski definition) is 2. The molecule has 1 aliphatic rings. The Morgan fingerprint density at radius 3 is 2.50 bits per heavy atom. The van der Waals surface area contributed by atoms with Crippen LogP contribution in [0.25, 0.3) is 0 Å². The predicted octanol–water partition coefficient (Wildman–Crippen LogP) is 3.79. The van der Waals surface area contributed by atoms with E-state index in [1.165, 1.54) is 12.5 Å². The normalized spacial score (nSPS) is 14.1. The van der Waals surface area contributed by atoms with Gasteiger partial charge in [-0.25, -0.2) is 18.1 Å². The number of hydrogen-bond acceptors (Lipinski definition) is 5. The number of rotatable bonds is 8. The van der Waals surface area contributed by atoms with E-state index in [9.17, 15) is 13.2 Å². The molecule has 1 aliphatic heterocycles. The minimum atomic E-state index is -3.78. The number of piperidine rings is 1. The summed E-state index contributed by atoms with van der Waals surface area (Å²) in [7, 11) is -3.78. The second-order valence-corrected chi connectivity index (χ2v) is 10.2. The van der Waals surface area contributed by atoms with E-state index in [1.54, 1.807) is 25.3 Å². The number of aryl methyl sites for hydroxylation is 1. The van der Waals surface area contributed by atoms with Crippen LogP contribution in [0.5, 0.6) is 0 Å². The van der Waals surface area contributed by atoms with E-state index in [2.05, 4.69) is 19.9 Å². The third-order valence-corrected chi connectivity index (χ3v) is 7.55. The number of benzene rings is 2. The average Bonchev–Trinajstić information content (AvgIpc) is 2.87. The molecule has 0 aliphatic carbocycles. The first kappa shape index (κ1) is 23.9. The first-order chi connectivity index (χ1) is 16.4. The van der Waals surface area contributed by atoms with E-state index >= 15 is 0 Å². The Labute approximate surface area is 201 Å². The van der Waals surface area contributed by atoms with Gasteiger partial charge in [-0.05, 0) is 55.5 Å². The highest BCUT2D eigenvalue weighted by Gasteiger charge is 2.20. The molecule has 0 bridgehead atoms. The number of anilines is 1. The van der Waals surface area contributed by atoms with Crippen molar-refractivity contribution < 1.29 is 13.2 Å². The highest BCUT2D eigenvalue weighted by Crippen LogP contribution is 2.22. The first-order valence-corrected chi connectivity index (χ1v) is 13.0. The number of nitrogens with zero attached hydrogens (tertiary/aromatic N) is 2. The molecule has 2 aromatic carbocycles. The van der Waals surface area contributed by atoms with Crippen LogP contribution in [0.15, 0.2) is 71.8 Å². The van der Waals surface area contributed by atoms with Crippen LogP contribution in [0.3, 0.4) is 0 Å². The predicted molar refractivity (Wildman–Crippen MR) is 133 cm³/mol. The Kier molecular flexibility index (Phi) is 7.59. The Bertz CT molecular complexity index is 1240. The lowest BCUT2D eigenvalue weighted by Crippen LogP contribution is -2.32. The van der Waals surface area contributed by atoms with Crippen molar-refractivity contribution in [2.75, 3.05) is 18.0 Å². The quantitative estimate of drug-likeness (QED) is 0.514. The highest BCUT2D eigenvalue weighted by atomic mass is 32.2. The van der Waals surface area contributed by atoms with Crippen molar-refractivity contribution in [3.8, 4) is 0 Å². The number of nitrogens with one attached hydrogen (secondary N) is 2. The second kappa shape index (κ2) is 10.8. The van der Waals surface area contributed by atoms with Gasteiger partial charge in [0.15, 0.2) is 0 Å².